The number of methoxy groups -OCH3 is 1. The van der Waals surface area contributed by atoms with E-state index in [2.05, 4.69) is 35.7 Å². The number of piperazine rings is 1. The van der Waals surface area contributed by atoms with E-state index in [1.807, 2.05) is 57.7 Å². The molecule has 6 bridgehead atoms. The van der Waals surface area contributed by atoms with Gasteiger partial charge in [-0.3, -0.25) is 44.3 Å². The normalized spacial score (nSPS) is 30.2. The lowest BCUT2D eigenvalue weighted by Crippen LogP contribution is -2.62. The molecule has 0 radical (unpaired) electrons. The number of aromatic nitrogens is 2. The number of nitrogens with one attached hydrogen (secondary N) is 3. The second-order valence-electron chi connectivity index (χ2n) is 26.4. The number of anilines is 2. The molecule has 3 aromatic rings. The van der Waals surface area contributed by atoms with E-state index in [0.29, 0.717) is 137 Å². The summed E-state index contributed by atoms with van der Waals surface area (Å²) in [4.78, 5) is 73.9. The molecule has 7 saturated heterocycles. The van der Waals surface area contributed by atoms with Crippen LogP contribution >= 0.6 is 0 Å². The van der Waals surface area contributed by atoms with Gasteiger partial charge in [-0.15, -0.1) is 0 Å². The lowest BCUT2D eigenvalue weighted by atomic mass is 9.84. The van der Waals surface area contributed by atoms with E-state index in [1.165, 1.54) is 22.4 Å². The first kappa shape index (κ1) is 57.3. The highest BCUT2D eigenvalue weighted by molar-refractivity contribution is 5.95. The number of ether oxygens (including phenoxy) is 4. The molecule has 3 N–H and O–H groups in total. The molecule has 1 aliphatic carbocycles. The van der Waals surface area contributed by atoms with Gasteiger partial charge in [-0.25, -0.2) is 5.43 Å². The average molecular weight is 1140 g/mol. The molecule has 448 valence electrons. The topological polar surface area (TPSA) is 188 Å². The summed E-state index contributed by atoms with van der Waals surface area (Å²) in [6.07, 6.45) is 1.45. The Morgan fingerprint density at radius 1 is 0.939 bits per heavy atom. The molecule has 9 aliphatic rings. The third-order valence-electron chi connectivity index (χ3n) is 19.3. The average Bonchev–Trinajstić information content (AvgIpc) is 3.85. The third kappa shape index (κ3) is 11.8. The molecular formula is C60H84F3N11O8. The van der Waals surface area contributed by atoms with E-state index >= 15 is 18.0 Å². The lowest BCUT2D eigenvalue weighted by molar-refractivity contribution is -0.156. The Morgan fingerprint density at radius 3 is 2.52 bits per heavy atom. The molecule has 3 amide bonds. The number of rotatable bonds is 11. The molecule has 1 aromatic carbocycles. The maximum absolute atomic E-state index is 15.3. The van der Waals surface area contributed by atoms with E-state index < -0.39 is 54.4 Å². The fourth-order valence-corrected chi connectivity index (χ4v) is 14.7. The number of alkyl halides is 3. The maximum atomic E-state index is 15.3. The van der Waals surface area contributed by atoms with Crippen LogP contribution < -0.4 is 25.9 Å². The number of carbonyl (C=O) groups excluding carboxylic acids is 4. The monoisotopic (exact) mass is 1140 g/mol. The number of nitrogens with zero attached hydrogens (tertiary/aromatic N) is 8. The first-order valence-corrected chi connectivity index (χ1v) is 30.3. The Balaban J connectivity index is 0.870. The standard InChI is InChI=1S/C60H84F3N11O8/c1-36(2)52(71-16-13-59(32-71)14-17-72(33-59)56(77)51-50(66-51)38-9-10-38)54(75)65-47-26-42-30-70(21-23-81-42)39-11-12-48-43(24-39)45(27-58(4,5)35-82-57(78)46-8-7-15-74(67-46)55(47)76)53(73(48)34-60(61,62)63)44-25-40(28-64-49(44)37(3)79-6)69-19-18-68-20-22-80-31-41(68)29-69/h11-12,24-25,28,36-38,41-42,46-47,50-52,66-67H,7-10,13-23,26-27,29-35H2,1-6H3,(H,65,75)/t37-,41-,42-,46-,47-,50+,51+,52-,59-/m0/s1. The number of esters is 1. The minimum atomic E-state index is -4.61. The second-order valence-corrected chi connectivity index (χ2v) is 26.4. The van der Waals surface area contributed by atoms with Gasteiger partial charge >= 0.3 is 12.1 Å². The summed E-state index contributed by atoms with van der Waals surface area (Å²) in [7, 11) is 1.57. The number of amides is 3. The van der Waals surface area contributed by atoms with Crippen LogP contribution in [0, 0.1) is 22.7 Å². The zero-order valence-corrected chi connectivity index (χ0v) is 48.6. The number of likely N-dealkylation sites (tertiary alicyclic amines) is 2. The molecule has 0 unspecified atom stereocenters. The van der Waals surface area contributed by atoms with Crippen molar-refractivity contribution >= 4 is 46.0 Å². The summed E-state index contributed by atoms with van der Waals surface area (Å²) in [6.45, 7) is 17.0. The molecule has 82 heavy (non-hydrogen) atoms. The van der Waals surface area contributed by atoms with Crippen molar-refractivity contribution in [2.45, 2.75) is 147 Å². The highest BCUT2D eigenvalue weighted by Gasteiger charge is 2.55. The van der Waals surface area contributed by atoms with Crippen molar-refractivity contribution in [3.63, 3.8) is 0 Å². The Hall–Kier alpha value is -5.10. The van der Waals surface area contributed by atoms with Crippen molar-refractivity contribution < 1.29 is 51.3 Å². The summed E-state index contributed by atoms with van der Waals surface area (Å²) in [5, 5.41) is 8.73. The van der Waals surface area contributed by atoms with Crippen LogP contribution in [-0.4, -0.2) is 207 Å². The number of hydrazine groups is 1. The van der Waals surface area contributed by atoms with Crippen molar-refractivity contribution in [1.29, 1.82) is 0 Å². The van der Waals surface area contributed by atoms with Crippen molar-refractivity contribution in [2.24, 2.45) is 22.7 Å². The quantitative estimate of drug-likeness (QED) is 0.174. The summed E-state index contributed by atoms with van der Waals surface area (Å²) in [5.74, 6) is -0.482. The molecule has 8 aliphatic heterocycles. The summed E-state index contributed by atoms with van der Waals surface area (Å²) >= 11 is 0. The molecule has 1 saturated carbocycles. The van der Waals surface area contributed by atoms with Gasteiger partial charge in [-0.1, -0.05) is 27.7 Å². The van der Waals surface area contributed by atoms with Gasteiger partial charge in [-0.05, 0) is 100 Å². The molecule has 8 fully saturated rings. The molecule has 1 spiro atoms. The lowest BCUT2D eigenvalue weighted by Gasteiger charge is -2.44. The Morgan fingerprint density at radius 2 is 1.74 bits per heavy atom. The Kier molecular flexibility index (Phi) is 15.9. The van der Waals surface area contributed by atoms with Gasteiger partial charge in [0.25, 0.3) is 5.91 Å². The van der Waals surface area contributed by atoms with Crippen LogP contribution in [0.15, 0.2) is 30.5 Å². The summed E-state index contributed by atoms with van der Waals surface area (Å²) in [6, 6.07) is 5.53. The molecule has 12 rings (SSSR count). The number of hydrogen-bond acceptors (Lipinski definition) is 15. The molecule has 19 nitrogen and oxygen atoms in total. The van der Waals surface area contributed by atoms with Crippen LogP contribution in [0.3, 0.4) is 0 Å². The molecule has 9 atom stereocenters. The smallest absolute Gasteiger partial charge is 0.406 e. The molecule has 2 aromatic heterocycles. The fourth-order valence-electron chi connectivity index (χ4n) is 14.7. The van der Waals surface area contributed by atoms with Gasteiger partial charge in [0.05, 0.1) is 74.0 Å². The number of carbonyl (C=O) groups is 4. The highest BCUT2D eigenvalue weighted by atomic mass is 19.4. The van der Waals surface area contributed by atoms with Gasteiger partial charge in [0.1, 0.15) is 24.7 Å². The Bertz CT molecular complexity index is 2900. The van der Waals surface area contributed by atoms with Crippen LogP contribution in [0.25, 0.3) is 22.2 Å². The minimum Gasteiger partial charge on any atom is -0.464 e. The Labute approximate surface area is 479 Å². The first-order valence-electron chi connectivity index (χ1n) is 30.3. The van der Waals surface area contributed by atoms with Crippen molar-refractivity contribution in [3.8, 4) is 11.3 Å². The van der Waals surface area contributed by atoms with Gasteiger partial charge in [0, 0.05) is 118 Å². The molecular weight excluding hydrogens is 1060 g/mol. The van der Waals surface area contributed by atoms with Crippen LogP contribution in [-0.2, 0) is 51.1 Å². The van der Waals surface area contributed by atoms with Gasteiger partial charge in [0.15, 0.2) is 0 Å². The van der Waals surface area contributed by atoms with Crippen LogP contribution in [0.4, 0.5) is 24.5 Å². The van der Waals surface area contributed by atoms with Crippen molar-refractivity contribution in [1.82, 2.24) is 45.3 Å². The van der Waals surface area contributed by atoms with E-state index in [1.54, 1.807) is 19.4 Å². The minimum absolute atomic E-state index is 0.0679. The summed E-state index contributed by atoms with van der Waals surface area (Å²) in [5.41, 5.74) is 6.30. The zero-order chi connectivity index (χ0) is 57.4. The van der Waals surface area contributed by atoms with E-state index in [-0.39, 0.29) is 60.6 Å². The van der Waals surface area contributed by atoms with Crippen molar-refractivity contribution in [2.75, 3.05) is 115 Å². The highest BCUT2D eigenvalue weighted by Crippen LogP contribution is 2.46. The predicted octanol–water partition coefficient (Wildman–Crippen LogP) is 4.89. The van der Waals surface area contributed by atoms with E-state index in [4.69, 9.17) is 23.9 Å². The number of benzene rings is 1. The number of fused-ring (bicyclic) bond motifs is 7. The van der Waals surface area contributed by atoms with Crippen LogP contribution in [0.2, 0.25) is 0 Å². The van der Waals surface area contributed by atoms with E-state index in [0.717, 1.165) is 37.3 Å². The summed E-state index contributed by atoms with van der Waals surface area (Å²) < 4.78 is 71.6. The van der Waals surface area contributed by atoms with E-state index in [9.17, 15) is 14.4 Å². The molecule has 10 heterocycles. The first-order chi connectivity index (χ1) is 39.2. The van der Waals surface area contributed by atoms with Crippen molar-refractivity contribution in [3.05, 3.63) is 41.7 Å². The number of morpholine rings is 2. The third-order valence-corrected chi connectivity index (χ3v) is 19.3. The largest absolute Gasteiger partial charge is 0.464 e. The van der Waals surface area contributed by atoms with Gasteiger partial charge in [-0.2, -0.15) is 13.2 Å². The SMILES string of the molecule is CO[C@@H](C)c1ncc(N2CCN3CCOC[C@@H]3C2)cc1-c1c2c3cc(ccc3n1CC(F)(F)F)N1CCO[C@@H](C[C@H](NC(=O)[C@H](C(C)C)N3CC[C@]4(CCN(C(=O)[C@@H]5N[C@@H]5C5CC5)C4)C3)C(=O)N3CCC[C@H](N3)C(=O)OCC(C)(C)C2)C1. The number of cyclic esters (lactones) is 1. The number of hydrogen-bond donors (Lipinski definition) is 3. The van der Waals surface area contributed by atoms with Gasteiger partial charge in [0.2, 0.25) is 11.8 Å². The molecule has 22 heteroatoms. The second kappa shape index (κ2) is 22.7. The van der Waals surface area contributed by atoms with Gasteiger partial charge < -0.3 is 43.5 Å². The number of halogens is 3. The maximum Gasteiger partial charge on any atom is 0.406 e. The fraction of sp³-hybridized carbons (Fsp3) is 0.717. The van der Waals surface area contributed by atoms with Crippen LogP contribution in [0.5, 0.6) is 0 Å². The number of pyridine rings is 1. The predicted molar refractivity (Wildman–Crippen MR) is 302 cm³/mol. The van der Waals surface area contributed by atoms with Crippen LogP contribution in [0.1, 0.15) is 96.9 Å². The zero-order valence-electron chi connectivity index (χ0n) is 48.6.